The summed E-state index contributed by atoms with van der Waals surface area (Å²) in [7, 11) is -3.66. The van der Waals surface area contributed by atoms with Crippen LogP contribution in [0.4, 0.5) is 18.9 Å². The van der Waals surface area contributed by atoms with Gasteiger partial charge in [0.25, 0.3) is 5.91 Å². The van der Waals surface area contributed by atoms with Crippen molar-refractivity contribution in [3.63, 3.8) is 0 Å². The highest BCUT2D eigenvalue weighted by Crippen LogP contribution is 2.36. The van der Waals surface area contributed by atoms with E-state index in [-0.39, 0.29) is 27.2 Å². The fourth-order valence-electron chi connectivity index (χ4n) is 2.94. The van der Waals surface area contributed by atoms with Gasteiger partial charge in [0.2, 0.25) is 0 Å². The number of phenolic OH excluding ortho intramolecular Hbond substituents is 1. The molecule has 0 aliphatic carbocycles. The lowest BCUT2D eigenvalue weighted by Crippen LogP contribution is -2.12. The first-order chi connectivity index (χ1) is 15.9. The van der Waals surface area contributed by atoms with Crippen molar-refractivity contribution in [2.75, 3.05) is 18.2 Å². The first-order valence-electron chi connectivity index (χ1n) is 9.83. The fraction of sp³-hybridized carbons (Fsp3) is 0.174. The van der Waals surface area contributed by atoms with E-state index in [1.807, 2.05) is 0 Å². The van der Waals surface area contributed by atoms with Crippen LogP contribution in [0.15, 0.2) is 76.5 Å². The van der Waals surface area contributed by atoms with Crippen molar-refractivity contribution < 1.29 is 36.2 Å². The number of phenols is 1. The van der Waals surface area contributed by atoms with Crippen LogP contribution >= 0.6 is 11.8 Å². The number of sulfone groups is 1. The van der Waals surface area contributed by atoms with Crippen LogP contribution in [0.1, 0.15) is 15.9 Å². The number of ether oxygens (including phenoxy) is 1. The SMILES string of the molecule is CS(=O)(=O)c1cc(NC(=O)c2ccc(OCCc3ccc(SC(F)(F)F)cc3)cc2)ccc1O. The van der Waals surface area contributed by atoms with Crippen LogP contribution in [0.5, 0.6) is 11.5 Å². The van der Waals surface area contributed by atoms with Crippen LogP contribution in [0, 0.1) is 0 Å². The molecule has 180 valence electrons. The number of benzene rings is 3. The molecule has 0 aromatic heterocycles. The van der Waals surface area contributed by atoms with E-state index in [2.05, 4.69) is 5.32 Å². The molecule has 0 heterocycles. The zero-order valence-electron chi connectivity index (χ0n) is 17.8. The minimum Gasteiger partial charge on any atom is -0.507 e. The second kappa shape index (κ2) is 10.4. The summed E-state index contributed by atoms with van der Waals surface area (Å²) in [6.45, 7) is 0.291. The van der Waals surface area contributed by atoms with Gasteiger partial charge >= 0.3 is 5.51 Å². The lowest BCUT2D eigenvalue weighted by molar-refractivity contribution is -0.0328. The van der Waals surface area contributed by atoms with Gasteiger partial charge in [-0.25, -0.2) is 8.42 Å². The molecule has 0 fully saturated rings. The lowest BCUT2D eigenvalue weighted by atomic mass is 10.1. The first-order valence-corrected chi connectivity index (χ1v) is 12.5. The van der Waals surface area contributed by atoms with E-state index in [1.54, 1.807) is 24.3 Å². The predicted octanol–water partition coefficient (Wildman–Crippen LogP) is 5.28. The number of amides is 1. The van der Waals surface area contributed by atoms with Crippen molar-refractivity contribution in [2.45, 2.75) is 21.7 Å². The number of thioether (sulfide) groups is 1. The van der Waals surface area contributed by atoms with Gasteiger partial charge in [-0.1, -0.05) is 12.1 Å². The molecule has 1 amide bonds. The van der Waals surface area contributed by atoms with Crippen LogP contribution in [-0.2, 0) is 16.3 Å². The third-order valence-corrected chi connectivity index (χ3v) is 6.42. The number of rotatable bonds is 8. The standard InChI is InChI=1S/C23H20F3NO5S2/c1-34(30,31)21-14-17(6-11-20(21)28)27-22(29)16-4-7-18(8-5-16)32-13-12-15-2-9-19(10-3-15)33-23(24,25)26/h2-11,14,28H,12-13H2,1H3,(H,27,29). The minimum atomic E-state index is -4.32. The summed E-state index contributed by atoms with van der Waals surface area (Å²) >= 11 is -0.165. The predicted molar refractivity (Wildman–Crippen MR) is 123 cm³/mol. The van der Waals surface area contributed by atoms with Crippen molar-refractivity contribution in [1.82, 2.24) is 0 Å². The Kier molecular flexibility index (Phi) is 7.78. The largest absolute Gasteiger partial charge is 0.507 e. The monoisotopic (exact) mass is 511 g/mol. The lowest BCUT2D eigenvalue weighted by Gasteiger charge is -2.10. The van der Waals surface area contributed by atoms with E-state index >= 15 is 0 Å². The number of aromatic hydroxyl groups is 1. The number of hydrogen-bond acceptors (Lipinski definition) is 6. The quantitative estimate of drug-likeness (QED) is 0.316. The van der Waals surface area contributed by atoms with Crippen molar-refractivity contribution in [1.29, 1.82) is 0 Å². The molecular weight excluding hydrogens is 491 g/mol. The summed E-state index contributed by atoms with van der Waals surface area (Å²) in [5.41, 5.74) is -2.98. The normalized spacial score (nSPS) is 11.8. The molecule has 0 unspecified atom stereocenters. The van der Waals surface area contributed by atoms with Gasteiger partial charge in [0.15, 0.2) is 9.84 Å². The van der Waals surface area contributed by atoms with E-state index in [0.29, 0.717) is 24.3 Å². The Hall–Kier alpha value is -3.18. The van der Waals surface area contributed by atoms with Gasteiger partial charge in [0.05, 0.1) is 6.61 Å². The van der Waals surface area contributed by atoms with Crippen LogP contribution in [0.2, 0.25) is 0 Å². The molecule has 0 saturated heterocycles. The molecule has 3 aromatic carbocycles. The third kappa shape index (κ3) is 7.42. The molecule has 3 aromatic rings. The van der Waals surface area contributed by atoms with Crippen molar-refractivity contribution >= 4 is 33.2 Å². The van der Waals surface area contributed by atoms with Gasteiger partial charge in [-0.3, -0.25) is 4.79 Å². The maximum Gasteiger partial charge on any atom is 0.446 e. The molecule has 0 radical (unpaired) electrons. The van der Waals surface area contributed by atoms with Gasteiger partial charge in [-0.2, -0.15) is 13.2 Å². The topological polar surface area (TPSA) is 92.7 Å². The molecule has 11 heteroatoms. The summed E-state index contributed by atoms with van der Waals surface area (Å²) in [6.07, 6.45) is 1.44. The second-order valence-corrected chi connectivity index (χ2v) is 10.3. The number of carbonyl (C=O) groups excluding carboxylic acids is 1. The summed E-state index contributed by atoms with van der Waals surface area (Å²) in [5.74, 6) is -0.378. The zero-order valence-corrected chi connectivity index (χ0v) is 19.4. The van der Waals surface area contributed by atoms with Crippen LogP contribution in [-0.4, -0.2) is 37.8 Å². The van der Waals surface area contributed by atoms with Gasteiger partial charge in [-0.15, -0.1) is 0 Å². The summed E-state index contributed by atoms with van der Waals surface area (Å²) in [5, 5.41) is 12.3. The number of carbonyl (C=O) groups is 1. The Morgan fingerprint density at radius 1 is 1.03 bits per heavy atom. The molecule has 0 bridgehead atoms. The molecule has 0 spiro atoms. The highest BCUT2D eigenvalue weighted by atomic mass is 32.2. The second-order valence-electron chi connectivity index (χ2n) is 7.22. The van der Waals surface area contributed by atoms with E-state index in [1.165, 1.54) is 42.5 Å². The Balaban J connectivity index is 1.53. The molecule has 0 aliphatic rings. The van der Waals surface area contributed by atoms with E-state index in [4.69, 9.17) is 4.74 Å². The average Bonchev–Trinajstić information content (AvgIpc) is 2.75. The summed E-state index contributed by atoms with van der Waals surface area (Å²) in [4.78, 5) is 12.3. The van der Waals surface area contributed by atoms with Crippen LogP contribution in [0.3, 0.4) is 0 Å². The molecule has 0 aliphatic heterocycles. The Morgan fingerprint density at radius 2 is 1.68 bits per heavy atom. The number of alkyl halides is 3. The van der Waals surface area contributed by atoms with Crippen LogP contribution in [0.25, 0.3) is 0 Å². The molecule has 6 nitrogen and oxygen atoms in total. The third-order valence-electron chi connectivity index (χ3n) is 4.55. The maximum atomic E-state index is 12.4. The smallest absolute Gasteiger partial charge is 0.446 e. The highest BCUT2D eigenvalue weighted by Gasteiger charge is 2.29. The summed E-state index contributed by atoms with van der Waals surface area (Å²) < 4.78 is 66.2. The Labute approximate surface area is 198 Å². The van der Waals surface area contributed by atoms with E-state index in [0.717, 1.165) is 11.8 Å². The highest BCUT2D eigenvalue weighted by molar-refractivity contribution is 8.00. The van der Waals surface area contributed by atoms with E-state index in [9.17, 15) is 31.5 Å². The Morgan fingerprint density at radius 3 is 2.26 bits per heavy atom. The Bertz CT molecular complexity index is 1260. The number of nitrogens with one attached hydrogen (secondary N) is 1. The maximum absolute atomic E-state index is 12.4. The number of halogens is 3. The first kappa shape index (κ1) is 25.4. The van der Waals surface area contributed by atoms with E-state index < -0.39 is 27.0 Å². The van der Waals surface area contributed by atoms with Crippen molar-refractivity contribution in [3.8, 4) is 11.5 Å². The molecule has 2 N–H and O–H groups in total. The molecule has 34 heavy (non-hydrogen) atoms. The molecular formula is C23H20F3NO5S2. The van der Waals surface area contributed by atoms with Gasteiger partial charge in [-0.05, 0) is 71.9 Å². The summed E-state index contributed by atoms with van der Waals surface area (Å²) in [6, 6.07) is 16.0. The zero-order chi connectivity index (χ0) is 24.9. The van der Waals surface area contributed by atoms with Crippen molar-refractivity contribution in [2.24, 2.45) is 0 Å². The minimum absolute atomic E-state index is 0.117. The van der Waals surface area contributed by atoms with Crippen molar-refractivity contribution in [3.05, 3.63) is 77.9 Å². The average molecular weight is 512 g/mol. The molecule has 3 rings (SSSR count). The van der Waals surface area contributed by atoms with Gasteiger partial charge in [0.1, 0.15) is 16.4 Å². The molecule has 0 saturated carbocycles. The number of anilines is 1. The molecule has 0 atom stereocenters. The van der Waals surface area contributed by atoms with Crippen LogP contribution < -0.4 is 10.1 Å². The number of hydrogen-bond donors (Lipinski definition) is 2. The van der Waals surface area contributed by atoms with Gasteiger partial charge in [0, 0.05) is 28.8 Å². The van der Waals surface area contributed by atoms with Gasteiger partial charge < -0.3 is 15.2 Å². The fourth-order valence-corrected chi connectivity index (χ4v) is 4.27.